The first-order chi connectivity index (χ1) is 11.1. The fraction of sp³-hybridized carbons (Fsp3) is 0.588. The summed E-state index contributed by atoms with van der Waals surface area (Å²) < 4.78 is 11.3. The zero-order valence-corrected chi connectivity index (χ0v) is 14.1. The lowest BCUT2D eigenvalue weighted by Gasteiger charge is -2.37. The average molecular weight is 339 g/mol. The van der Waals surface area contributed by atoms with Crippen molar-refractivity contribution in [3.63, 3.8) is 0 Å². The molecule has 0 spiro atoms. The molecule has 2 aliphatic heterocycles. The Balaban J connectivity index is 1.61. The summed E-state index contributed by atoms with van der Waals surface area (Å²) in [6, 6.07) is 5.78. The van der Waals surface area contributed by atoms with Gasteiger partial charge in [-0.25, -0.2) is 0 Å². The number of hydrogen-bond acceptors (Lipinski definition) is 4. The molecule has 0 aliphatic carbocycles. The number of carbonyl (C=O) groups excluding carboxylic acids is 1. The molecule has 23 heavy (non-hydrogen) atoms. The standard InChI is InChI=1S/C17H23ClN2O3/c1-12-5-6-14(13(18)10-12)19-16(21)11-20-7-3-2-4-15(20)17-22-8-9-23-17/h5-6,10,15,17H,2-4,7-9,11H2,1H3,(H,19,21)/t15-/m0/s1. The number of nitrogens with one attached hydrogen (secondary N) is 1. The van der Waals surface area contributed by atoms with Gasteiger partial charge in [0.05, 0.1) is 36.5 Å². The maximum atomic E-state index is 12.4. The van der Waals surface area contributed by atoms with Gasteiger partial charge in [0.1, 0.15) is 0 Å². The first-order valence-electron chi connectivity index (χ1n) is 8.17. The van der Waals surface area contributed by atoms with Crippen LogP contribution in [0.3, 0.4) is 0 Å². The Morgan fingerprint density at radius 1 is 1.35 bits per heavy atom. The molecule has 2 saturated heterocycles. The van der Waals surface area contributed by atoms with Crippen molar-refractivity contribution in [1.82, 2.24) is 4.90 Å². The van der Waals surface area contributed by atoms with Gasteiger partial charge in [-0.3, -0.25) is 9.69 Å². The second-order valence-corrected chi connectivity index (χ2v) is 6.58. The molecule has 1 amide bonds. The summed E-state index contributed by atoms with van der Waals surface area (Å²) in [6.07, 6.45) is 3.05. The van der Waals surface area contributed by atoms with Gasteiger partial charge in [0.25, 0.3) is 0 Å². The van der Waals surface area contributed by atoms with Gasteiger partial charge in [0.2, 0.25) is 5.91 Å². The third kappa shape index (κ3) is 4.23. The minimum atomic E-state index is -0.203. The molecule has 3 rings (SSSR count). The number of anilines is 1. The van der Waals surface area contributed by atoms with Gasteiger partial charge < -0.3 is 14.8 Å². The van der Waals surface area contributed by atoms with E-state index in [9.17, 15) is 4.79 Å². The van der Waals surface area contributed by atoms with Crippen molar-refractivity contribution in [2.75, 3.05) is 31.6 Å². The molecule has 0 bridgehead atoms. The minimum absolute atomic E-state index is 0.0550. The number of halogens is 1. The molecule has 0 unspecified atom stereocenters. The van der Waals surface area contributed by atoms with Crippen LogP contribution in [0.25, 0.3) is 0 Å². The SMILES string of the molecule is Cc1ccc(NC(=O)CN2CCCC[C@H]2C2OCCO2)c(Cl)c1. The summed E-state index contributed by atoms with van der Waals surface area (Å²) in [5.41, 5.74) is 1.73. The number of hydrogen-bond donors (Lipinski definition) is 1. The Kier molecular flexibility index (Phi) is 5.54. The second-order valence-electron chi connectivity index (χ2n) is 6.18. The fourth-order valence-electron chi connectivity index (χ4n) is 3.22. The van der Waals surface area contributed by atoms with E-state index in [2.05, 4.69) is 10.2 Å². The highest BCUT2D eigenvalue weighted by atomic mass is 35.5. The second kappa shape index (κ2) is 7.62. The van der Waals surface area contributed by atoms with E-state index in [4.69, 9.17) is 21.1 Å². The van der Waals surface area contributed by atoms with Gasteiger partial charge in [0.15, 0.2) is 6.29 Å². The van der Waals surface area contributed by atoms with Gasteiger partial charge in [-0.2, -0.15) is 0 Å². The van der Waals surface area contributed by atoms with Crippen LogP contribution >= 0.6 is 11.6 Å². The van der Waals surface area contributed by atoms with Crippen LogP contribution in [-0.4, -0.2) is 49.4 Å². The van der Waals surface area contributed by atoms with Gasteiger partial charge in [-0.05, 0) is 44.0 Å². The van der Waals surface area contributed by atoms with Crippen molar-refractivity contribution in [3.8, 4) is 0 Å². The molecule has 1 aromatic carbocycles. The number of carbonyl (C=O) groups is 1. The molecule has 0 saturated carbocycles. The first kappa shape index (κ1) is 16.7. The molecular weight excluding hydrogens is 316 g/mol. The minimum Gasteiger partial charge on any atom is -0.349 e. The summed E-state index contributed by atoms with van der Waals surface area (Å²) in [4.78, 5) is 14.5. The zero-order valence-electron chi connectivity index (χ0n) is 13.4. The van der Waals surface area contributed by atoms with Crippen molar-refractivity contribution >= 4 is 23.2 Å². The van der Waals surface area contributed by atoms with E-state index in [0.717, 1.165) is 31.4 Å². The van der Waals surface area contributed by atoms with Gasteiger partial charge in [0, 0.05) is 0 Å². The van der Waals surface area contributed by atoms with Crippen LogP contribution in [0.15, 0.2) is 18.2 Å². The predicted octanol–water partition coefficient (Wildman–Crippen LogP) is 2.81. The Hall–Kier alpha value is -1.14. The molecule has 6 heteroatoms. The number of aryl methyl sites for hydroxylation is 1. The molecule has 2 aliphatic rings. The summed E-state index contributed by atoms with van der Waals surface area (Å²) in [5, 5.41) is 3.47. The summed E-state index contributed by atoms with van der Waals surface area (Å²) in [7, 11) is 0. The molecule has 2 fully saturated rings. The van der Waals surface area contributed by atoms with Crippen LogP contribution in [0.2, 0.25) is 5.02 Å². The van der Waals surface area contributed by atoms with Crippen molar-refractivity contribution in [2.45, 2.75) is 38.5 Å². The van der Waals surface area contributed by atoms with E-state index in [-0.39, 0.29) is 18.2 Å². The average Bonchev–Trinajstić information content (AvgIpc) is 3.05. The molecule has 1 atom stereocenters. The van der Waals surface area contributed by atoms with E-state index in [1.54, 1.807) is 0 Å². The largest absolute Gasteiger partial charge is 0.349 e. The highest BCUT2D eigenvalue weighted by Crippen LogP contribution is 2.25. The molecule has 1 N–H and O–H groups in total. The van der Waals surface area contributed by atoms with E-state index in [0.29, 0.717) is 30.5 Å². The first-order valence-corrected chi connectivity index (χ1v) is 8.54. The maximum Gasteiger partial charge on any atom is 0.238 e. The van der Waals surface area contributed by atoms with Crippen molar-refractivity contribution in [3.05, 3.63) is 28.8 Å². The lowest BCUT2D eigenvalue weighted by atomic mass is 10.0. The Labute approximate surface area is 141 Å². The topological polar surface area (TPSA) is 50.8 Å². The number of nitrogens with zero attached hydrogens (tertiary/aromatic N) is 1. The molecular formula is C17H23ClN2O3. The number of likely N-dealkylation sites (tertiary alicyclic amines) is 1. The summed E-state index contributed by atoms with van der Waals surface area (Å²) >= 11 is 6.18. The Bertz CT molecular complexity index is 561. The van der Waals surface area contributed by atoms with Crippen LogP contribution in [0.1, 0.15) is 24.8 Å². The van der Waals surface area contributed by atoms with Crippen LogP contribution in [-0.2, 0) is 14.3 Å². The Morgan fingerprint density at radius 3 is 2.87 bits per heavy atom. The molecule has 2 heterocycles. The van der Waals surface area contributed by atoms with Gasteiger partial charge >= 0.3 is 0 Å². The van der Waals surface area contributed by atoms with Crippen LogP contribution in [0.4, 0.5) is 5.69 Å². The van der Waals surface area contributed by atoms with Crippen LogP contribution < -0.4 is 5.32 Å². The van der Waals surface area contributed by atoms with Crippen molar-refractivity contribution < 1.29 is 14.3 Å². The molecule has 0 radical (unpaired) electrons. The lowest BCUT2D eigenvalue weighted by Crippen LogP contribution is -2.50. The van der Waals surface area contributed by atoms with Crippen molar-refractivity contribution in [2.24, 2.45) is 0 Å². The van der Waals surface area contributed by atoms with Crippen LogP contribution in [0, 0.1) is 6.92 Å². The number of ether oxygens (including phenoxy) is 2. The number of amides is 1. The quantitative estimate of drug-likeness (QED) is 0.917. The number of benzene rings is 1. The van der Waals surface area contributed by atoms with Crippen molar-refractivity contribution in [1.29, 1.82) is 0 Å². The molecule has 5 nitrogen and oxygen atoms in total. The normalized spacial score (nSPS) is 23.1. The summed E-state index contributed by atoms with van der Waals surface area (Å²) in [5.74, 6) is -0.0550. The fourth-order valence-corrected chi connectivity index (χ4v) is 3.50. The molecule has 126 valence electrons. The smallest absolute Gasteiger partial charge is 0.238 e. The van der Waals surface area contributed by atoms with E-state index in [1.807, 2.05) is 25.1 Å². The zero-order chi connectivity index (χ0) is 16.2. The molecule has 0 aromatic heterocycles. The van der Waals surface area contributed by atoms with Gasteiger partial charge in [-0.15, -0.1) is 0 Å². The highest BCUT2D eigenvalue weighted by molar-refractivity contribution is 6.33. The Morgan fingerprint density at radius 2 is 2.13 bits per heavy atom. The predicted molar refractivity (Wildman–Crippen MR) is 89.7 cm³/mol. The number of rotatable bonds is 4. The third-order valence-electron chi connectivity index (χ3n) is 4.37. The van der Waals surface area contributed by atoms with E-state index < -0.39 is 0 Å². The lowest BCUT2D eigenvalue weighted by molar-refractivity contribution is -0.127. The van der Waals surface area contributed by atoms with E-state index in [1.165, 1.54) is 0 Å². The number of piperidine rings is 1. The third-order valence-corrected chi connectivity index (χ3v) is 4.68. The van der Waals surface area contributed by atoms with Gasteiger partial charge in [-0.1, -0.05) is 24.1 Å². The van der Waals surface area contributed by atoms with E-state index >= 15 is 0 Å². The van der Waals surface area contributed by atoms with Crippen LogP contribution in [0.5, 0.6) is 0 Å². The monoisotopic (exact) mass is 338 g/mol. The summed E-state index contributed by atoms with van der Waals surface area (Å²) in [6.45, 7) is 4.47. The molecule has 1 aromatic rings. The maximum absolute atomic E-state index is 12.4. The highest BCUT2D eigenvalue weighted by Gasteiger charge is 2.34.